The SMILES string of the molecule is [CH2]CC(C#CC)C#CCCCC. The molecule has 0 aliphatic rings. The quantitative estimate of drug-likeness (QED) is 0.441. The predicted molar refractivity (Wildman–Crippen MR) is 54.2 cm³/mol. The summed E-state index contributed by atoms with van der Waals surface area (Å²) in [6.07, 6.45) is 4.19. The Kier molecular flexibility index (Phi) is 7.62. The third-order valence-electron chi connectivity index (χ3n) is 1.54. The lowest BCUT2D eigenvalue weighted by Crippen LogP contribution is -1.89. The van der Waals surface area contributed by atoms with E-state index in [0.717, 1.165) is 12.8 Å². The maximum Gasteiger partial charge on any atom is 0.0811 e. The second kappa shape index (κ2) is 8.22. The third kappa shape index (κ3) is 5.87. The number of hydrogen-bond donors (Lipinski definition) is 0. The average molecular weight is 161 g/mol. The van der Waals surface area contributed by atoms with Gasteiger partial charge in [0.05, 0.1) is 5.92 Å². The fourth-order valence-electron chi connectivity index (χ4n) is 0.815. The van der Waals surface area contributed by atoms with E-state index in [2.05, 4.69) is 37.5 Å². The molecule has 0 saturated carbocycles. The maximum absolute atomic E-state index is 3.80. The summed E-state index contributed by atoms with van der Waals surface area (Å²) in [5.41, 5.74) is 0. The van der Waals surface area contributed by atoms with E-state index in [9.17, 15) is 0 Å². The molecule has 0 heteroatoms. The molecule has 0 N–H and O–H groups in total. The Morgan fingerprint density at radius 1 is 1.33 bits per heavy atom. The highest BCUT2D eigenvalue weighted by Crippen LogP contribution is 1.98. The van der Waals surface area contributed by atoms with E-state index in [-0.39, 0.29) is 5.92 Å². The van der Waals surface area contributed by atoms with Crippen molar-refractivity contribution in [1.29, 1.82) is 0 Å². The van der Waals surface area contributed by atoms with E-state index in [4.69, 9.17) is 0 Å². The van der Waals surface area contributed by atoms with E-state index < -0.39 is 0 Å². The zero-order valence-electron chi connectivity index (χ0n) is 8.11. The smallest absolute Gasteiger partial charge is 0.0811 e. The molecule has 0 aliphatic heterocycles. The van der Waals surface area contributed by atoms with Gasteiger partial charge < -0.3 is 0 Å². The van der Waals surface area contributed by atoms with Gasteiger partial charge in [0.15, 0.2) is 0 Å². The second-order valence-electron chi connectivity index (χ2n) is 2.66. The van der Waals surface area contributed by atoms with Crippen LogP contribution in [-0.2, 0) is 0 Å². The van der Waals surface area contributed by atoms with Crippen molar-refractivity contribution in [2.45, 2.75) is 39.5 Å². The van der Waals surface area contributed by atoms with Gasteiger partial charge in [-0.1, -0.05) is 32.1 Å². The Morgan fingerprint density at radius 2 is 2.08 bits per heavy atom. The summed E-state index contributed by atoms with van der Waals surface area (Å²) in [6, 6.07) is 0. The van der Waals surface area contributed by atoms with Crippen molar-refractivity contribution in [1.82, 2.24) is 0 Å². The van der Waals surface area contributed by atoms with Crippen LogP contribution in [0.15, 0.2) is 0 Å². The highest BCUT2D eigenvalue weighted by Gasteiger charge is 1.92. The standard InChI is InChI=1S/C12H17/c1-4-7-8-9-11-12(6-3)10-5-2/h12H,3-4,6-8H2,1-2H3. The molecule has 1 radical (unpaired) electrons. The van der Waals surface area contributed by atoms with Crippen LogP contribution in [0.3, 0.4) is 0 Å². The van der Waals surface area contributed by atoms with Crippen LogP contribution in [0.1, 0.15) is 39.5 Å². The van der Waals surface area contributed by atoms with Crippen molar-refractivity contribution < 1.29 is 0 Å². The molecule has 0 aromatic rings. The Bertz CT molecular complexity index is 204. The Morgan fingerprint density at radius 3 is 2.58 bits per heavy atom. The highest BCUT2D eigenvalue weighted by molar-refractivity contribution is 5.17. The van der Waals surface area contributed by atoms with Gasteiger partial charge in [-0.05, 0) is 19.8 Å². The van der Waals surface area contributed by atoms with Gasteiger partial charge in [0.25, 0.3) is 0 Å². The van der Waals surface area contributed by atoms with Crippen molar-refractivity contribution in [3.05, 3.63) is 6.92 Å². The molecule has 0 aromatic carbocycles. The molecule has 0 fully saturated rings. The largest absolute Gasteiger partial charge is 0.105 e. The van der Waals surface area contributed by atoms with Crippen LogP contribution in [-0.4, -0.2) is 0 Å². The Labute approximate surface area is 76.8 Å². The number of rotatable bonds is 3. The summed E-state index contributed by atoms with van der Waals surface area (Å²) in [6.45, 7) is 7.82. The summed E-state index contributed by atoms with van der Waals surface area (Å²) in [4.78, 5) is 0. The van der Waals surface area contributed by atoms with Crippen LogP contribution in [0.25, 0.3) is 0 Å². The second-order valence-corrected chi connectivity index (χ2v) is 2.66. The topological polar surface area (TPSA) is 0 Å². The molecule has 0 aromatic heterocycles. The fourth-order valence-corrected chi connectivity index (χ4v) is 0.815. The number of unbranched alkanes of at least 4 members (excludes halogenated alkanes) is 2. The van der Waals surface area contributed by atoms with Gasteiger partial charge in [-0.15, -0.1) is 11.8 Å². The monoisotopic (exact) mass is 161 g/mol. The van der Waals surface area contributed by atoms with Gasteiger partial charge in [0.2, 0.25) is 0 Å². The normalized spacial score (nSPS) is 10.6. The minimum Gasteiger partial charge on any atom is -0.105 e. The van der Waals surface area contributed by atoms with Crippen LogP contribution in [0, 0.1) is 36.5 Å². The Hall–Kier alpha value is -0.880. The highest BCUT2D eigenvalue weighted by atomic mass is 13.9. The van der Waals surface area contributed by atoms with Gasteiger partial charge in [-0.2, -0.15) is 0 Å². The summed E-state index contributed by atoms with van der Waals surface area (Å²) in [5.74, 6) is 12.3. The Balaban J connectivity index is 3.77. The van der Waals surface area contributed by atoms with Crippen molar-refractivity contribution >= 4 is 0 Å². The van der Waals surface area contributed by atoms with Crippen LogP contribution < -0.4 is 0 Å². The van der Waals surface area contributed by atoms with Gasteiger partial charge in [0.1, 0.15) is 0 Å². The van der Waals surface area contributed by atoms with Crippen molar-refractivity contribution in [3.63, 3.8) is 0 Å². The van der Waals surface area contributed by atoms with E-state index in [1.54, 1.807) is 0 Å². The first kappa shape index (κ1) is 11.1. The van der Waals surface area contributed by atoms with Crippen molar-refractivity contribution in [2.24, 2.45) is 5.92 Å². The van der Waals surface area contributed by atoms with Gasteiger partial charge in [-0.25, -0.2) is 0 Å². The maximum atomic E-state index is 3.80. The minimum atomic E-state index is 0.187. The number of hydrogen-bond acceptors (Lipinski definition) is 0. The van der Waals surface area contributed by atoms with Crippen LogP contribution in [0.2, 0.25) is 0 Å². The van der Waals surface area contributed by atoms with Gasteiger partial charge >= 0.3 is 0 Å². The van der Waals surface area contributed by atoms with Crippen LogP contribution >= 0.6 is 0 Å². The summed E-state index contributed by atoms with van der Waals surface area (Å²) < 4.78 is 0. The van der Waals surface area contributed by atoms with Crippen molar-refractivity contribution in [2.75, 3.05) is 0 Å². The first-order valence-electron chi connectivity index (χ1n) is 4.55. The van der Waals surface area contributed by atoms with E-state index >= 15 is 0 Å². The van der Waals surface area contributed by atoms with E-state index in [1.807, 2.05) is 6.92 Å². The summed E-state index contributed by atoms with van der Waals surface area (Å²) >= 11 is 0. The third-order valence-corrected chi connectivity index (χ3v) is 1.54. The fraction of sp³-hybridized carbons (Fsp3) is 0.583. The zero-order valence-corrected chi connectivity index (χ0v) is 8.11. The molecule has 0 rings (SSSR count). The zero-order chi connectivity index (χ0) is 9.23. The molecule has 0 aliphatic carbocycles. The summed E-state index contributed by atoms with van der Waals surface area (Å²) in [7, 11) is 0. The molecule has 1 atom stereocenters. The summed E-state index contributed by atoms with van der Waals surface area (Å²) in [5, 5.41) is 0. The van der Waals surface area contributed by atoms with Gasteiger partial charge in [-0.3, -0.25) is 0 Å². The molecular weight excluding hydrogens is 144 g/mol. The lowest BCUT2D eigenvalue weighted by atomic mass is 10.1. The van der Waals surface area contributed by atoms with Crippen LogP contribution in [0.5, 0.6) is 0 Å². The first-order valence-corrected chi connectivity index (χ1v) is 4.55. The minimum absolute atomic E-state index is 0.187. The van der Waals surface area contributed by atoms with Crippen molar-refractivity contribution in [3.8, 4) is 23.7 Å². The van der Waals surface area contributed by atoms with Gasteiger partial charge in [0, 0.05) is 6.42 Å². The van der Waals surface area contributed by atoms with Crippen LogP contribution in [0.4, 0.5) is 0 Å². The lowest BCUT2D eigenvalue weighted by molar-refractivity contribution is 0.823. The molecule has 0 spiro atoms. The molecule has 0 bridgehead atoms. The molecule has 65 valence electrons. The predicted octanol–water partition coefficient (Wildman–Crippen LogP) is 3.04. The first-order chi connectivity index (χ1) is 5.85. The molecule has 0 saturated heterocycles. The molecular formula is C12H17. The van der Waals surface area contributed by atoms with E-state index in [1.165, 1.54) is 12.8 Å². The molecule has 12 heavy (non-hydrogen) atoms. The lowest BCUT2D eigenvalue weighted by Gasteiger charge is -1.94. The average Bonchev–Trinajstić information content (AvgIpc) is 2.10. The molecule has 0 nitrogen and oxygen atoms in total. The molecule has 1 unspecified atom stereocenters. The molecule has 0 amide bonds. The molecule has 0 heterocycles. The van der Waals surface area contributed by atoms with E-state index in [0.29, 0.717) is 0 Å².